The molecule has 1 fully saturated rings. The smallest absolute Gasteiger partial charge is 0.263 e. The van der Waals surface area contributed by atoms with Crippen LogP contribution in [-0.2, 0) is 29.5 Å². The molecule has 0 aliphatic carbocycles. The van der Waals surface area contributed by atoms with E-state index in [-0.39, 0.29) is 60.8 Å². The van der Waals surface area contributed by atoms with Gasteiger partial charge in [-0.3, -0.25) is 9.52 Å². The fraction of sp³-hybridized carbons (Fsp3) is 0.564. The Kier molecular flexibility index (Phi) is 16.7. The third-order valence-electron chi connectivity index (χ3n) is 9.70. The Labute approximate surface area is 316 Å². The Morgan fingerprint density at radius 2 is 1.53 bits per heavy atom. The van der Waals surface area contributed by atoms with Gasteiger partial charge in [-0.05, 0) is 42.3 Å². The van der Waals surface area contributed by atoms with E-state index in [0.29, 0.717) is 17.3 Å². The molecule has 4 N–H and O–H groups in total. The summed E-state index contributed by atoms with van der Waals surface area (Å²) in [6, 6.07) is 12.5. The maximum absolute atomic E-state index is 14.4. The minimum absolute atomic E-state index is 0.0156. The highest BCUT2D eigenvalue weighted by Gasteiger charge is 2.32. The number of amides is 1. The topological polar surface area (TPSA) is 163 Å². The molecule has 14 heteroatoms. The van der Waals surface area contributed by atoms with Crippen molar-refractivity contribution in [2.75, 3.05) is 56.7 Å². The van der Waals surface area contributed by atoms with Crippen LogP contribution < -0.4 is 15.4 Å². The van der Waals surface area contributed by atoms with E-state index < -0.39 is 36.6 Å². The second-order valence-corrected chi connectivity index (χ2v) is 17.3. The summed E-state index contributed by atoms with van der Waals surface area (Å²) in [5.41, 5.74) is -0.193. The lowest BCUT2D eigenvalue weighted by Gasteiger charge is -2.27. The van der Waals surface area contributed by atoms with Gasteiger partial charge in [0, 0.05) is 32.1 Å². The maximum Gasteiger partial charge on any atom is 0.263 e. The normalized spacial score (nSPS) is 14.6. The van der Waals surface area contributed by atoms with Crippen molar-refractivity contribution in [2.24, 2.45) is 5.92 Å². The molecule has 0 saturated carbocycles. The fourth-order valence-corrected chi connectivity index (χ4v) is 9.74. The highest BCUT2D eigenvalue weighted by molar-refractivity contribution is 7.93. The summed E-state index contributed by atoms with van der Waals surface area (Å²) in [5.74, 6) is -0.796. The summed E-state index contributed by atoms with van der Waals surface area (Å²) in [5, 5.41) is 17.9. The number of nitrogens with zero attached hydrogens (tertiary/aromatic N) is 1. The second-order valence-electron chi connectivity index (χ2n) is 13.7. The quantitative estimate of drug-likeness (QED) is 0.0332. The molecule has 1 heterocycles. The van der Waals surface area contributed by atoms with E-state index in [1.165, 1.54) is 55.7 Å². The van der Waals surface area contributed by atoms with E-state index in [0.717, 1.165) is 51.0 Å². The Balaban J connectivity index is 1.65. The monoisotopic (exact) mass is 774 g/mol. The van der Waals surface area contributed by atoms with Crippen molar-refractivity contribution < 1.29 is 36.2 Å². The van der Waals surface area contributed by atoms with E-state index in [1.54, 1.807) is 30.3 Å². The van der Waals surface area contributed by atoms with E-state index in [2.05, 4.69) is 29.2 Å². The van der Waals surface area contributed by atoms with E-state index in [4.69, 9.17) is 9.47 Å². The summed E-state index contributed by atoms with van der Waals surface area (Å²) >= 11 is 0. The molecule has 294 valence electrons. The van der Waals surface area contributed by atoms with Crippen molar-refractivity contribution in [1.29, 1.82) is 0 Å². The number of fused-ring (bicyclic) bond motifs is 1. The first-order valence-corrected chi connectivity index (χ1v) is 22.0. The van der Waals surface area contributed by atoms with Gasteiger partial charge in [0.2, 0.25) is 10.0 Å². The van der Waals surface area contributed by atoms with Crippen LogP contribution in [0.4, 0.5) is 11.4 Å². The zero-order valence-electron chi connectivity index (χ0n) is 31.5. The summed E-state index contributed by atoms with van der Waals surface area (Å²) in [4.78, 5) is 13.3. The predicted molar refractivity (Wildman–Crippen MR) is 211 cm³/mol. The SMILES string of the molecule is CCCCCCCCC(CCCCCC)CNC(=O)c1ccc2ccccc2c1S(=O)(=O)Nc1cc(NCOC)c(O)c(S(=O)(=O)N2CCOCC2)c1. The van der Waals surface area contributed by atoms with Crippen molar-refractivity contribution >= 4 is 48.1 Å². The number of anilines is 2. The number of aromatic hydroxyl groups is 1. The van der Waals surface area contributed by atoms with Crippen LogP contribution in [0.3, 0.4) is 0 Å². The molecule has 4 rings (SSSR count). The average Bonchev–Trinajstić information content (AvgIpc) is 3.16. The summed E-state index contributed by atoms with van der Waals surface area (Å²) in [6.45, 7) is 5.26. The van der Waals surface area contributed by atoms with Crippen LogP contribution in [0.5, 0.6) is 5.75 Å². The van der Waals surface area contributed by atoms with Crippen LogP contribution in [0.15, 0.2) is 58.3 Å². The van der Waals surface area contributed by atoms with Crippen LogP contribution >= 0.6 is 0 Å². The zero-order valence-corrected chi connectivity index (χ0v) is 33.1. The van der Waals surface area contributed by atoms with Crippen molar-refractivity contribution in [3.8, 4) is 5.75 Å². The Morgan fingerprint density at radius 1 is 0.887 bits per heavy atom. The van der Waals surface area contributed by atoms with Gasteiger partial charge in [-0.15, -0.1) is 0 Å². The number of hydrogen-bond acceptors (Lipinski definition) is 9. The summed E-state index contributed by atoms with van der Waals surface area (Å²) in [7, 11) is -7.36. The van der Waals surface area contributed by atoms with E-state index in [1.807, 2.05) is 0 Å². The molecule has 53 heavy (non-hydrogen) atoms. The molecule has 1 saturated heterocycles. The van der Waals surface area contributed by atoms with Gasteiger partial charge in [-0.2, -0.15) is 4.31 Å². The lowest BCUT2D eigenvalue weighted by molar-refractivity contribution is 0.0729. The van der Waals surface area contributed by atoms with Gasteiger partial charge >= 0.3 is 0 Å². The number of unbranched alkanes of at least 4 members (excludes halogenated alkanes) is 8. The molecule has 3 aromatic carbocycles. The number of sulfonamides is 2. The number of phenolic OH excluding ortho intramolecular Hbond substituents is 1. The third-order valence-corrected chi connectivity index (χ3v) is 13.1. The first kappa shape index (κ1) is 42.3. The fourth-order valence-electron chi connectivity index (χ4n) is 6.75. The largest absolute Gasteiger partial charge is 0.504 e. The number of methoxy groups -OCH3 is 1. The minimum atomic E-state index is -4.52. The lowest BCUT2D eigenvalue weighted by Crippen LogP contribution is -2.40. The molecular weight excluding hydrogens is 717 g/mol. The highest BCUT2D eigenvalue weighted by Crippen LogP contribution is 2.38. The molecule has 0 aromatic heterocycles. The summed E-state index contributed by atoms with van der Waals surface area (Å²) < 4.78 is 70.4. The highest BCUT2D eigenvalue weighted by atomic mass is 32.2. The summed E-state index contributed by atoms with van der Waals surface area (Å²) in [6.07, 6.45) is 13.7. The van der Waals surface area contributed by atoms with Crippen LogP contribution in [0, 0.1) is 5.92 Å². The molecule has 3 aromatic rings. The van der Waals surface area contributed by atoms with Crippen LogP contribution in [0.1, 0.15) is 101 Å². The number of hydrogen-bond donors (Lipinski definition) is 4. The molecule has 0 spiro atoms. The van der Waals surface area contributed by atoms with Crippen LogP contribution in [0.25, 0.3) is 10.8 Å². The third kappa shape index (κ3) is 11.8. The molecule has 1 aliphatic heterocycles. The van der Waals surface area contributed by atoms with Crippen molar-refractivity contribution in [2.45, 2.75) is 101 Å². The Morgan fingerprint density at radius 3 is 2.21 bits per heavy atom. The van der Waals surface area contributed by atoms with Gasteiger partial charge < -0.3 is 25.2 Å². The molecule has 12 nitrogen and oxygen atoms in total. The van der Waals surface area contributed by atoms with E-state index in [9.17, 15) is 26.7 Å². The predicted octanol–water partition coefficient (Wildman–Crippen LogP) is 7.45. The lowest BCUT2D eigenvalue weighted by atomic mass is 9.94. The van der Waals surface area contributed by atoms with Crippen LogP contribution in [0.2, 0.25) is 0 Å². The van der Waals surface area contributed by atoms with Crippen LogP contribution in [-0.4, -0.2) is 78.8 Å². The Hall–Kier alpha value is -3.43. The number of rotatable bonds is 23. The number of nitrogens with one attached hydrogen (secondary N) is 3. The van der Waals surface area contributed by atoms with Crippen molar-refractivity contribution in [3.05, 3.63) is 54.1 Å². The number of phenols is 1. The average molecular weight is 775 g/mol. The van der Waals surface area contributed by atoms with Crippen molar-refractivity contribution in [3.63, 3.8) is 0 Å². The Bertz CT molecular complexity index is 1850. The maximum atomic E-state index is 14.4. The number of ether oxygens (including phenoxy) is 2. The molecule has 1 amide bonds. The van der Waals surface area contributed by atoms with E-state index >= 15 is 0 Å². The second kappa shape index (κ2) is 20.9. The molecule has 1 atom stereocenters. The zero-order chi connectivity index (χ0) is 38.3. The van der Waals surface area contributed by atoms with Crippen molar-refractivity contribution in [1.82, 2.24) is 9.62 Å². The van der Waals surface area contributed by atoms with Gasteiger partial charge in [-0.1, -0.05) is 108 Å². The first-order chi connectivity index (χ1) is 25.5. The molecule has 1 aliphatic rings. The molecule has 0 radical (unpaired) electrons. The standard InChI is InChI=1S/C39H58N4O8S2/c1-4-6-8-10-11-13-17-30(16-12-9-7-5-2)28-40-39(45)34-21-20-31-18-14-15-19-33(31)38(34)52(46,47)42-32-26-35(41-29-50-3)37(44)36(27-32)53(48,49)43-22-24-51-25-23-43/h14-15,18-21,26-27,30,41-42,44H,4-13,16-17,22-25,28-29H2,1-3H3,(H,40,45). The number of carbonyl (C=O) groups is 1. The number of benzene rings is 3. The van der Waals surface area contributed by atoms with Gasteiger partial charge in [0.05, 0.1) is 30.2 Å². The van der Waals surface area contributed by atoms with Gasteiger partial charge in [0.15, 0.2) is 5.75 Å². The minimum Gasteiger partial charge on any atom is -0.504 e. The van der Waals surface area contributed by atoms with Gasteiger partial charge in [0.25, 0.3) is 15.9 Å². The van der Waals surface area contributed by atoms with Gasteiger partial charge in [0.1, 0.15) is 16.5 Å². The molecular formula is C39H58N4O8S2. The number of morpholine rings is 1. The first-order valence-electron chi connectivity index (χ1n) is 19.0. The molecule has 1 unspecified atom stereocenters. The van der Waals surface area contributed by atoms with Gasteiger partial charge in [-0.25, -0.2) is 16.8 Å². The molecule has 0 bridgehead atoms. The number of carbonyl (C=O) groups excluding carboxylic acids is 1.